The minimum atomic E-state index is -1.15. The number of hydrogen-bond donors (Lipinski definition) is 3. The fourth-order valence-electron chi connectivity index (χ4n) is 4.97. The number of nitrogens with two attached hydrogens (primary N) is 1. The summed E-state index contributed by atoms with van der Waals surface area (Å²) in [6, 6.07) is 3.78. The van der Waals surface area contributed by atoms with Gasteiger partial charge in [-0.3, -0.25) is 4.79 Å². The number of hydrogen-bond acceptors (Lipinski definition) is 8. The molecule has 2 saturated heterocycles. The summed E-state index contributed by atoms with van der Waals surface area (Å²) < 4.78 is 16.5. The number of aliphatic hydroxyl groups excluding tert-OH is 1. The van der Waals surface area contributed by atoms with Gasteiger partial charge >= 0.3 is 0 Å². The third-order valence-corrected chi connectivity index (χ3v) is 6.73. The van der Waals surface area contributed by atoms with E-state index in [1.54, 1.807) is 28.9 Å². The first kappa shape index (κ1) is 20.3. The first-order valence-corrected chi connectivity index (χ1v) is 11.3. The lowest BCUT2D eigenvalue weighted by Gasteiger charge is -2.41. The van der Waals surface area contributed by atoms with E-state index >= 15 is 0 Å². The van der Waals surface area contributed by atoms with Crippen molar-refractivity contribution in [3.63, 3.8) is 0 Å². The Morgan fingerprint density at radius 1 is 1.21 bits per heavy atom. The van der Waals surface area contributed by atoms with Crippen molar-refractivity contribution in [1.29, 1.82) is 0 Å². The van der Waals surface area contributed by atoms with Gasteiger partial charge in [0.15, 0.2) is 11.6 Å². The standard InChI is InChI=1S/C22H25FN8O2/c23-16-8-25-22(26-13-5-6-29-11-17(19(24)32)27-18(29)7-13)28-20(16)30-9-14-3-4-15(10-30)31(14)21(33)12-1-2-12/h5-8,11-12,14-15,19,32H,1-4,9-10,24H2,(H,25,26,28)/t14-,15+,19?. The van der Waals surface area contributed by atoms with Gasteiger partial charge in [-0.2, -0.15) is 4.98 Å². The lowest BCUT2D eigenvalue weighted by Crippen LogP contribution is -2.56. The largest absolute Gasteiger partial charge is 0.373 e. The molecule has 4 N–H and O–H groups in total. The van der Waals surface area contributed by atoms with Crippen molar-refractivity contribution in [2.24, 2.45) is 11.7 Å². The summed E-state index contributed by atoms with van der Waals surface area (Å²) in [6.45, 7) is 1.15. The van der Waals surface area contributed by atoms with Crippen LogP contribution >= 0.6 is 0 Å². The first-order chi connectivity index (χ1) is 16.0. The zero-order valence-electron chi connectivity index (χ0n) is 17.9. The molecule has 10 nitrogen and oxygen atoms in total. The van der Waals surface area contributed by atoms with Crippen molar-refractivity contribution in [3.8, 4) is 0 Å². The molecule has 11 heteroatoms. The van der Waals surface area contributed by atoms with Gasteiger partial charge in [0.25, 0.3) is 0 Å². The molecule has 2 aliphatic heterocycles. The van der Waals surface area contributed by atoms with Gasteiger partial charge in [-0.25, -0.2) is 14.4 Å². The molecule has 0 aromatic carbocycles. The van der Waals surface area contributed by atoms with Crippen LogP contribution in [-0.4, -0.2) is 60.4 Å². The van der Waals surface area contributed by atoms with Gasteiger partial charge in [0.2, 0.25) is 11.9 Å². The molecule has 172 valence electrons. The summed E-state index contributed by atoms with van der Waals surface area (Å²) in [6.07, 6.45) is 7.32. The highest BCUT2D eigenvalue weighted by molar-refractivity contribution is 5.82. The minimum Gasteiger partial charge on any atom is -0.373 e. The van der Waals surface area contributed by atoms with Crippen LogP contribution in [-0.2, 0) is 4.79 Å². The number of halogens is 1. The lowest BCUT2D eigenvalue weighted by molar-refractivity contribution is -0.135. The van der Waals surface area contributed by atoms with E-state index in [9.17, 15) is 14.3 Å². The number of carbonyl (C=O) groups excluding carboxylic acids is 1. The summed E-state index contributed by atoms with van der Waals surface area (Å²) in [7, 11) is 0. The van der Waals surface area contributed by atoms with E-state index in [4.69, 9.17) is 5.73 Å². The van der Waals surface area contributed by atoms with Crippen LogP contribution in [0.5, 0.6) is 0 Å². The van der Waals surface area contributed by atoms with Crippen LogP contribution in [0.2, 0.25) is 0 Å². The molecule has 6 rings (SSSR count). The molecule has 1 amide bonds. The van der Waals surface area contributed by atoms with E-state index in [2.05, 4.69) is 25.2 Å². The number of pyridine rings is 1. The van der Waals surface area contributed by atoms with Crippen molar-refractivity contribution in [2.75, 3.05) is 23.3 Å². The highest BCUT2D eigenvalue weighted by Crippen LogP contribution is 2.39. The number of aromatic nitrogens is 4. The maximum absolute atomic E-state index is 14.7. The Kier molecular flexibility index (Phi) is 4.70. The van der Waals surface area contributed by atoms with E-state index < -0.39 is 12.0 Å². The van der Waals surface area contributed by atoms with Crippen molar-refractivity contribution in [2.45, 2.75) is 44.0 Å². The molecule has 1 unspecified atom stereocenters. The number of nitrogens with zero attached hydrogens (tertiary/aromatic N) is 6. The molecule has 2 bridgehead atoms. The van der Waals surface area contributed by atoms with E-state index in [-0.39, 0.29) is 35.7 Å². The summed E-state index contributed by atoms with van der Waals surface area (Å²) in [4.78, 5) is 29.5. The van der Waals surface area contributed by atoms with Crippen LogP contribution in [0.15, 0.2) is 30.7 Å². The molecule has 3 atom stereocenters. The number of rotatable bonds is 5. The molecule has 0 spiro atoms. The van der Waals surface area contributed by atoms with Crippen LogP contribution < -0.4 is 16.0 Å². The normalized spacial score (nSPS) is 23.2. The molecular weight excluding hydrogens is 427 g/mol. The van der Waals surface area contributed by atoms with Crippen LogP contribution in [0.25, 0.3) is 5.65 Å². The van der Waals surface area contributed by atoms with Crippen LogP contribution in [0, 0.1) is 11.7 Å². The van der Waals surface area contributed by atoms with E-state index in [1.807, 2.05) is 4.90 Å². The Labute approximate surface area is 189 Å². The Hall–Kier alpha value is -3.31. The monoisotopic (exact) mass is 452 g/mol. The van der Waals surface area contributed by atoms with Gasteiger partial charge in [0.05, 0.1) is 6.20 Å². The molecule has 0 radical (unpaired) electrons. The number of piperazine rings is 1. The van der Waals surface area contributed by atoms with Gasteiger partial charge in [-0.15, -0.1) is 0 Å². The van der Waals surface area contributed by atoms with Crippen LogP contribution in [0.3, 0.4) is 0 Å². The van der Waals surface area contributed by atoms with Crippen molar-refractivity contribution in [3.05, 3.63) is 42.2 Å². The van der Waals surface area contributed by atoms with Crippen molar-refractivity contribution >= 4 is 29.0 Å². The molecule has 3 aliphatic rings. The predicted octanol–water partition coefficient (Wildman–Crippen LogP) is 1.55. The van der Waals surface area contributed by atoms with E-state index in [0.29, 0.717) is 30.1 Å². The highest BCUT2D eigenvalue weighted by Gasteiger charge is 2.47. The molecule has 3 aromatic heterocycles. The second-order valence-electron chi connectivity index (χ2n) is 9.09. The van der Waals surface area contributed by atoms with Crippen LogP contribution in [0.4, 0.5) is 21.8 Å². The third-order valence-electron chi connectivity index (χ3n) is 6.73. The van der Waals surface area contributed by atoms with Crippen molar-refractivity contribution in [1.82, 2.24) is 24.3 Å². The number of carbonyl (C=O) groups is 1. The topological polar surface area (TPSA) is 125 Å². The molecule has 1 saturated carbocycles. The zero-order valence-corrected chi connectivity index (χ0v) is 17.9. The number of amides is 1. The average Bonchev–Trinajstić information content (AvgIpc) is 3.50. The van der Waals surface area contributed by atoms with Crippen molar-refractivity contribution < 1.29 is 14.3 Å². The van der Waals surface area contributed by atoms with Gasteiger partial charge in [0, 0.05) is 55.2 Å². The van der Waals surface area contributed by atoms with Gasteiger partial charge < -0.3 is 30.4 Å². The molecular formula is C22H25FN8O2. The number of anilines is 3. The van der Waals surface area contributed by atoms with Crippen LogP contribution in [0.1, 0.15) is 37.6 Å². The zero-order chi connectivity index (χ0) is 22.7. The SMILES string of the molecule is NC(O)c1cn2ccc(Nc3ncc(F)c(N4C[C@H]5CC[C@@H](C4)N5C(=O)C4CC4)n3)cc2n1. The Bertz CT molecular complexity index is 1210. The Morgan fingerprint density at radius 3 is 2.67 bits per heavy atom. The molecule has 33 heavy (non-hydrogen) atoms. The number of aliphatic hydroxyl groups is 1. The fourth-order valence-corrected chi connectivity index (χ4v) is 4.97. The second-order valence-corrected chi connectivity index (χ2v) is 9.09. The first-order valence-electron chi connectivity index (χ1n) is 11.3. The van der Waals surface area contributed by atoms with Gasteiger partial charge in [-0.1, -0.05) is 0 Å². The second kappa shape index (κ2) is 7.63. The molecule has 3 fully saturated rings. The summed E-state index contributed by atoms with van der Waals surface area (Å²) in [5.41, 5.74) is 7.11. The Morgan fingerprint density at radius 2 is 1.97 bits per heavy atom. The number of fused-ring (bicyclic) bond motifs is 3. The summed E-state index contributed by atoms with van der Waals surface area (Å²) in [5.74, 6) is 0.506. The number of nitrogens with one attached hydrogen (secondary N) is 1. The quantitative estimate of drug-likeness (QED) is 0.498. The highest BCUT2D eigenvalue weighted by atomic mass is 19.1. The minimum absolute atomic E-state index is 0.109. The predicted molar refractivity (Wildman–Crippen MR) is 118 cm³/mol. The smallest absolute Gasteiger partial charge is 0.229 e. The maximum atomic E-state index is 14.7. The number of imidazole rings is 1. The van der Waals surface area contributed by atoms with E-state index in [1.165, 1.54) is 6.20 Å². The molecule has 3 aromatic rings. The van der Waals surface area contributed by atoms with Gasteiger partial charge in [0.1, 0.15) is 17.6 Å². The average molecular weight is 452 g/mol. The Balaban J connectivity index is 1.22. The van der Waals surface area contributed by atoms with E-state index in [0.717, 1.165) is 25.7 Å². The fraction of sp³-hybridized carbons (Fsp3) is 0.455. The molecule has 5 heterocycles. The lowest BCUT2D eigenvalue weighted by atomic mass is 10.1. The third kappa shape index (κ3) is 3.66. The summed E-state index contributed by atoms with van der Waals surface area (Å²) in [5, 5.41) is 12.6. The van der Waals surface area contributed by atoms with Gasteiger partial charge in [-0.05, 0) is 31.7 Å². The summed E-state index contributed by atoms with van der Waals surface area (Å²) >= 11 is 0. The maximum Gasteiger partial charge on any atom is 0.229 e. The molecule has 1 aliphatic carbocycles.